The molecule has 1 atom stereocenters. The summed E-state index contributed by atoms with van der Waals surface area (Å²) in [5, 5.41) is 18.5. The SMILES string of the molecule is C=CC(C/C(O)=C(\[N+]#N)C(=O)OC)c1cccc(F)c1. The minimum atomic E-state index is -0.966. The van der Waals surface area contributed by atoms with Crippen molar-refractivity contribution in [1.82, 2.24) is 0 Å². The summed E-state index contributed by atoms with van der Waals surface area (Å²) in [5.41, 5.74) is -0.00976. The quantitative estimate of drug-likeness (QED) is 0.294. The van der Waals surface area contributed by atoms with Crippen LogP contribution in [0.5, 0.6) is 0 Å². The van der Waals surface area contributed by atoms with E-state index < -0.39 is 29.2 Å². The van der Waals surface area contributed by atoms with Crippen LogP contribution in [0.15, 0.2) is 48.4 Å². The number of ether oxygens (including phenoxy) is 1. The molecule has 0 bridgehead atoms. The van der Waals surface area contributed by atoms with Gasteiger partial charge in [-0.25, -0.2) is 9.18 Å². The number of aliphatic hydroxyl groups is 1. The third kappa shape index (κ3) is 3.65. The summed E-state index contributed by atoms with van der Waals surface area (Å²) in [6.45, 7) is 3.60. The van der Waals surface area contributed by atoms with Crippen molar-refractivity contribution in [2.45, 2.75) is 12.3 Å². The first-order chi connectivity index (χ1) is 9.53. The van der Waals surface area contributed by atoms with Gasteiger partial charge in [0.2, 0.25) is 5.39 Å². The molecule has 20 heavy (non-hydrogen) atoms. The zero-order valence-electron chi connectivity index (χ0n) is 10.9. The number of hydrogen-bond donors (Lipinski definition) is 1. The topological polar surface area (TPSA) is 74.7 Å². The summed E-state index contributed by atoms with van der Waals surface area (Å²) in [7, 11) is 1.10. The minimum Gasteiger partial charge on any atom is -0.505 e. The normalized spacial score (nSPS) is 12.8. The van der Waals surface area contributed by atoms with E-state index in [1.165, 1.54) is 24.3 Å². The van der Waals surface area contributed by atoms with Crippen LogP contribution in [0.1, 0.15) is 17.9 Å². The van der Waals surface area contributed by atoms with Gasteiger partial charge in [0.05, 0.1) is 7.11 Å². The fraction of sp³-hybridized carbons (Fsp3) is 0.214. The van der Waals surface area contributed by atoms with Crippen molar-refractivity contribution in [2.75, 3.05) is 7.11 Å². The number of allylic oxidation sites excluding steroid dienone is 2. The molecule has 0 spiro atoms. The lowest BCUT2D eigenvalue weighted by atomic mass is 9.94. The third-order valence-corrected chi connectivity index (χ3v) is 2.73. The monoisotopic (exact) mass is 277 g/mol. The van der Waals surface area contributed by atoms with Gasteiger partial charge in [-0.15, -0.1) is 6.58 Å². The van der Waals surface area contributed by atoms with Crippen LogP contribution in [0.4, 0.5) is 4.39 Å². The van der Waals surface area contributed by atoms with Crippen LogP contribution >= 0.6 is 0 Å². The van der Waals surface area contributed by atoms with Crippen molar-refractivity contribution >= 4 is 5.97 Å². The molecule has 6 heteroatoms. The Balaban J connectivity index is 3.05. The standard InChI is InChI=1S/C14H13FN2O3/c1-3-9(10-5-4-6-11(15)7-10)8-12(18)13(17-16)14(19)20-2/h3-7,9H,1,8H2,2H3/p+1. The van der Waals surface area contributed by atoms with Crippen molar-refractivity contribution in [2.24, 2.45) is 0 Å². The number of nitrogens with zero attached hydrogens (tertiary/aromatic N) is 2. The molecule has 104 valence electrons. The van der Waals surface area contributed by atoms with Crippen LogP contribution in [0.2, 0.25) is 0 Å². The van der Waals surface area contributed by atoms with Crippen LogP contribution in [0, 0.1) is 11.2 Å². The predicted molar refractivity (Wildman–Crippen MR) is 70.7 cm³/mol. The van der Waals surface area contributed by atoms with Gasteiger partial charge in [0, 0.05) is 12.3 Å². The first-order valence-corrected chi connectivity index (χ1v) is 5.77. The van der Waals surface area contributed by atoms with E-state index in [0.29, 0.717) is 5.56 Å². The van der Waals surface area contributed by atoms with E-state index >= 15 is 0 Å². The van der Waals surface area contributed by atoms with Crippen LogP contribution in [-0.2, 0) is 9.53 Å². The number of methoxy groups -OCH3 is 1. The van der Waals surface area contributed by atoms with E-state index in [0.717, 1.165) is 7.11 Å². The minimum absolute atomic E-state index is 0.0680. The second-order valence-corrected chi connectivity index (χ2v) is 3.99. The summed E-state index contributed by atoms with van der Waals surface area (Å²) in [6, 6.07) is 5.78. The molecule has 0 amide bonds. The van der Waals surface area contributed by atoms with Gasteiger partial charge < -0.3 is 9.84 Å². The highest BCUT2D eigenvalue weighted by Crippen LogP contribution is 2.26. The number of carbonyl (C=O) groups is 1. The molecule has 0 aromatic heterocycles. The van der Waals surface area contributed by atoms with E-state index in [9.17, 15) is 14.3 Å². The van der Waals surface area contributed by atoms with Crippen molar-refractivity contribution in [1.29, 1.82) is 5.39 Å². The Kier molecular flexibility index (Phi) is 5.42. The first kappa shape index (κ1) is 15.4. The maximum absolute atomic E-state index is 13.2. The van der Waals surface area contributed by atoms with Gasteiger partial charge in [-0.2, -0.15) is 0 Å². The van der Waals surface area contributed by atoms with E-state index in [4.69, 9.17) is 5.39 Å². The van der Waals surface area contributed by atoms with Gasteiger partial charge >= 0.3 is 11.7 Å². The van der Waals surface area contributed by atoms with Gasteiger partial charge in [-0.3, -0.25) is 0 Å². The summed E-state index contributed by atoms with van der Waals surface area (Å²) in [4.78, 5) is 14.0. The molecular weight excluding hydrogens is 263 g/mol. The summed E-state index contributed by atoms with van der Waals surface area (Å²) in [5.74, 6) is -2.29. The van der Waals surface area contributed by atoms with E-state index in [1.54, 1.807) is 6.07 Å². The van der Waals surface area contributed by atoms with Crippen molar-refractivity contribution < 1.29 is 19.0 Å². The number of benzene rings is 1. The molecule has 0 aliphatic heterocycles. The van der Waals surface area contributed by atoms with Crippen molar-refractivity contribution in [3.63, 3.8) is 0 Å². The van der Waals surface area contributed by atoms with Crippen LogP contribution < -0.4 is 0 Å². The number of aliphatic hydroxyl groups excluding tert-OH is 1. The lowest BCUT2D eigenvalue weighted by molar-refractivity contribution is -0.136. The van der Waals surface area contributed by atoms with Gasteiger partial charge in [0.1, 0.15) is 5.82 Å². The molecule has 0 saturated carbocycles. The summed E-state index contributed by atoms with van der Waals surface area (Å²) < 4.78 is 17.5. The average molecular weight is 277 g/mol. The van der Waals surface area contributed by atoms with Gasteiger partial charge in [0.25, 0.3) is 0 Å². The number of carbonyl (C=O) groups excluding carboxylic acids is 1. The molecule has 0 saturated heterocycles. The van der Waals surface area contributed by atoms with E-state index in [1.807, 2.05) is 0 Å². The number of rotatable bonds is 5. The molecule has 0 aliphatic carbocycles. The first-order valence-electron chi connectivity index (χ1n) is 5.77. The van der Waals surface area contributed by atoms with E-state index in [-0.39, 0.29) is 6.42 Å². The molecule has 0 heterocycles. The lowest BCUT2D eigenvalue weighted by Gasteiger charge is -2.11. The zero-order chi connectivity index (χ0) is 15.1. The molecular formula is C14H14FN2O3+. The molecule has 5 nitrogen and oxygen atoms in total. The fourth-order valence-corrected chi connectivity index (χ4v) is 1.69. The molecule has 1 rings (SSSR count). The number of halogens is 1. The van der Waals surface area contributed by atoms with Crippen LogP contribution in [-0.4, -0.2) is 18.2 Å². The Bertz CT molecular complexity index is 590. The molecule has 1 unspecified atom stereocenters. The molecule has 0 aliphatic rings. The molecule has 0 radical (unpaired) electrons. The molecule has 1 N–H and O–H groups in total. The Morgan fingerprint density at radius 3 is 2.85 bits per heavy atom. The summed E-state index contributed by atoms with van der Waals surface area (Å²) in [6.07, 6.45) is 1.43. The lowest BCUT2D eigenvalue weighted by Crippen LogP contribution is -2.07. The maximum atomic E-state index is 13.2. The molecule has 0 fully saturated rings. The second-order valence-electron chi connectivity index (χ2n) is 3.99. The van der Waals surface area contributed by atoms with Gasteiger partial charge in [-0.1, -0.05) is 18.2 Å². The van der Waals surface area contributed by atoms with Crippen LogP contribution in [0.25, 0.3) is 4.98 Å². The Morgan fingerprint density at radius 1 is 1.65 bits per heavy atom. The van der Waals surface area contributed by atoms with Crippen molar-refractivity contribution in [3.8, 4) is 0 Å². The maximum Gasteiger partial charge on any atom is 0.505 e. The predicted octanol–water partition coefficient (Wildman–Crippen LogP) is 3.28. The highest BCUT2D eigenvalue weighted by atomic mass is 19.1. The Morgan fingerprint density at radius 2 is 2.35 bits per heavy atom. The molecule has 1 aromatic carbocycles. The van der Waals surface area contributed by atoms with Crippen molar-refractivity contribution in [3.05, 3.63) is 64.7 Å². The number of hydrogen-bond acceptors (Lipinski definition) is 4. The average Bonchev–Trinajstić information content (AvgIpc) is 2.45. The Labute approximate surface area is 115 Å². The van der Waals surface area contributed by atoms with E-state index in [2.05, 4.69) is 16.3 Å². The highest BCUT2D eigenvalue weighted by Gasteiger charge is 2.31. The number of diazo groups is 1. The molecule has 1 aromatic rings. The van der Waals surface area contributed by atoms with Gasteiger partial charge in [-0.05, 0) is 17.7 Å². The highest BCUT2D eigenvalue weighted by molar-refractivity contribution is 5.90. The van der Waals surface area contributed by atoms with Crippen LogP contribution in [0.3, 0.4) is 0 Å². The smallest absolute Gasteiger partial charge is 0.505 e. The zero-order valence-corrected chi connectivity index (χ0v) is 10.9. The Hall–Kier alpha value is -2.68. The largest absolute Gasteiger partial charge is 0.505 e. The third-order valence-electron chi connectivity index (χ3n) is 2.73. The van der Waals surface area contributed by atoms with Gasteiger partial charge in [0.15, 0.2) is 10.7 Å². The number of esters is 1. The summed E-state index contributed by atoms with van der Waals surface area (Å²) >= 11 is 0. The fourth-order valence-electron chi connectivity index (χ4n) is 1.69. The second kappa shape index (κ2) is 7.04.